The van der Waals surface area contributed by atoms with Crippen LogP contribution in [0.3, 0.4) is 0 Å². The van der Waals surface area contributed by atoms with E-state index in [2.05, 4.69) is 25.8 Å². The van der Waals surface area contributed by atoms with E-state index in [4.69, 9.17) is 11.6 Å². The molecule has 1 fully saturated rings. The van der Waals surface area contributed by atoms with Crippen molar-refractivity contribution in [1.29, 1.82) is 0 Å². The number of amides is 1. The molecule has 1 amide bonds. The summed E-state index contributed by atoms with van der Waals surface area (Å²) in [6, 6.07) is 9.47. The van der Waals surface area contributed by atoms with Crippen molar-refractivity contribution in [2.24, 2.45) is 0 Å². The molecule has 7 nitrogen and oxygen atoms in total. The van der Waals surface area contributed by atoms with Crippen LogP contribution in [0.4, 0.5) is 5.82 Å². The number of aryl methyl sites for hydroxylation is 1. The normalized spacial score (nSPS) is 18.8. The smallest absolute Gasteiger partial charge is 0.253 e. The number of halogens is 1. The maximum atomic E-state index is 13.1. The van der Waals surface area contributed by atoms with Crippen molar-refractivity contribution in [3.63, 3.8) is 0 Å². The molecule has 0 radical (unpaired) electrons. The molecule has 0 spiro atoms. The summed E-state index contributed by atoms with van der Waals surface area (Å²) in [5.74, 6) is 0.631. The molecule has 4 rings (SSSR count). The molecule has 144 valence electrons. The summed E-state index contributed by atoms with van der Waals surface area (Å²) < 4.78 is 0. The summed E-state index contributed by atoms with van der Waals surface area (Å²) in [5.41, 5.74) is 2.23. The topological polar surface area (TPSA) is 84.7 Å². The van der Waals surface area contributed by atoms with Crippen LogP contribution < -0.4 is 10.6 Å². The average molecular weight is 397 g/mol. The zero-order valence-electron chi connectivity index (χ0n) is 15.5. The van der Waals surface area contributed by atoms with Gasteiger partial charge in [0.05, 0.1) is 28.7 Å². The second kappa shape index (κ2) is 7.98. The Balaban J connectivity index is 1.51. The van der Waals surface area contributed by atoms with Gasteiger partial charge in [-0.1, -0.05) is 23.2 Å². The molecule has 28 heavy (non-hydrogen) atoms. The third-order valence-electron chi connectivity index (χ3n) is 4.92. The predicted molar refractivity (Wildman–Crippen MR) is 108 cm³/mol. The van der Waals surface area contributed by atoms with Gasteiger partial charge in [0.1, 0.15) is 5.82 Å². The SMILES string of the molecule is Cc1ccc(-n2nccn2)c(C(=O)NC2CCC[C@@H]2Nc2ccc(Cl)cn2)c1. The van der Waals surface area contributed by atoms with Gasteiger partial charge in [-0.3, -0.25) is 4.79 Å². The van der Waals surface area contributed by atoms with Crippen LogP contribution in [0.25, 0.3) is 5.69 Å². The van der Waals surface area contributed by atoms with Crippen molar-refractivity contribution >= 4 is 23.3 Å². The first kappa shape index (κ1) is 18.4. The average Bonchev–Trinajstić information content (AvgIpc) is 3.36. The Morgan fingerprint density at radius 2 is 1.93 bits per heavy atom. The standard InChI is InChI=1S/C20H21ClN6O/c1-13-5-7-18(27-23-9-10-24-27)15(11-13)20(28)26-17-4-2-3-16(17)25-19-8-6-14(21)12-22-19/h5-12,16-17H,2-4H2,1H3,(H,22,25)(H,26,28)/t16-,17?/m0/s1. The van der Waals surface area contributed by atoms with Gasteiger partial charge in [-0.2, -0.15) is 15.0 Å². The second-order valence-electron chi connectivity index (χ2n) is 6.96. The maximum Gasteiger partial charge on any atom is 0.253 e. The number of hydrogen-bond donors (Lipinski definition) is 2. The second-order valence-corrected chi connectivity index (χ2v) is 7.40. The molecular formula is C20H21ClN6O. The molecule has 8 heteroatoms. The van der Waals surface area contributed by atoms with Crippen LogP contribution in [0, 0.1) is 6.92 Å². The van der Waals surface area contributed by atoms with Crippen molar-refractivity contribution in [3.8, 4) is 5.69 Å². The van der Waals surface area contributed by atoms with E-state index in [-0.39, 0.29) is 18.0 Å². The maximum absolute atomic E-state index is 13.1. The molecular weight excluding hydrogens is 376 g/mol. The zero-order chi connectivity index (χ0) is 19.5. The summed E-state index contributed by atoms with van der Waals surface area (Å²) >= 11 is 5.90. The Morgan fingerprint density at radius 1 is 1.14 bits per heavy atom. The number of benzene rings is 1. The Kier molecular flexibility index (Phi) is 5.25. The van der Waals surface area contributed by atoms with E-state index in [9.17, 15) is 4.79 Å². The van der Waals surface area contributed by atoms with Gasteiger partial charge in [0.25, 0.3) is 5.91 Å². The molecule has 2 N–H and O–H groups in total. The van der Waals surface area contributed by atoms with Crippen LogP contribution >= 0.6 is 11.6 Å². The van der Waals surface area contributed by atoms with Crippen LogP contribution in [-0.4, -0.2) is 38.0 Å². The van der Waals surface area contributed by atoms with Gasteiger partial charge < -0.3 is 10.6 Å². The molecule has 1 aliphatic rings. The number of nitrogens with one attached hydrogen (secondary N) is 2. The first-order valence-electron chi connectivity index (χ1n) is 9.26. The largest absolute Gasteiger partial charge is 0.365 e. The highest BCUT2D eigenvalue weighted by Gasteiger charge is 2.30. The highest BCUT2D eigenvalue weighted by molar-refractivity contribution is 6.30. The van der Waals surface area contributed by atoms with E-state index in [0.717, 1.165) is 30.6 Å². The van der Waals surface area contributed by atoms with E-state index in [0.29, 0.717) is 16.3 Å². The van der Waals surface area contributed by atoms with E-state index in [1.165, 1.54) is 4.80 Å². The number of aromatic nitrogens is 4. The number of pyridine rings is 1. The molecule has 2 aromatic heterocycles. The fourth-order valence-corrected chi connectivity index (χ4v) is 3.66. The lowest BCUT2D eigenvalue weighted by molar-refractivity contribution is 0.0935. The van der Waals surface area contributed by atoms with E-state index in [1.54, 1.807) is 24.7 Å². The monoisotopic (exact) mass is 396 g/mol. The van der Waals surface area contributed by atoms with Gasteiger partial charge in [0.15, 0.2) is 0 Å². The van der Waals surface area contributed by atoms with Crippen molar-refractivity contribution in [2.45, 2.75) is 38.3 Å². The predicted octanol–water partition coefficient (Wildman–Crippen LogP) is 3.39. The van der Waals surface area contributed by atoms with Gasteiger partial charge >= 0.3 is 0 Å². The molecule has 1 unspecified atom stereocenters. The lowest BCUT2D eigenvalue weighted by Crippen LogP contribution is -2.43. The number of rotatable bonds is 5. The van der Waals surface area contributed by atoms with Crippen molar-refractivity contribution in [1.82, 2.24) is 25.3 Å². The van der Waals surface area contributed by atoms with E-state index < -0.39 is 0 Å². The Bertz CT molecular complexity index is 957. The molecule has 2 atom stereocenters. The molecule has 1 aromatic carbocycles. The van der Waals surface area contributed by atoms with Crippen LogP contribution in [0.5, 0.6) is 0 Å². The van der Waals surface area contributed by atoms with Gasteiger partial charge in [-0.05, 0) is 50.5 Å². The summed E-state index contributed by atoms with van der Waals surface area (Å²) in [6.45, 7) is 1.96. The first-order chi connectivity index (χ1) is 13.6. The third kappa shape index (κ3) is 3.99. The minimum absolute atomic E-state index is 0.0175. The van der Waals surface area contributed by atoms with Crippen molar-refractivity contribution in [2.75, 3.05) is 5.32 Å². The quantitative estimate of drug-likeness (QED) is 0.690. The van der Waals surface area contributed by atoms with Crippen LogP contribution in [0.1, 0.15) is 35.2 Å². The molecule has 2 heterocycles. The molecule has 1 saturated carbocycles. The lowest BCUT2D eigenvalue weighted by atomic mass is 10.1. The Hall–Kier alpha value is -2.93. The van der Waals surface area contributed by atoms with Crippen LogP contribution in [0.2, 0.25) is 5.02 Å². The van der Waals surface area contributed by atoms with Crippen LogP contribution in [0.15, 0.2) is 48.9 Å². The third-order valence-corrected chi connectivity index (χ3v) is 5.15. The minimum atomic E-state index is -0.126. The van der Waals surface area contributed by atoms with Crippen molar-refractivity contribution in [3.05, 3.63) is 65.1 Å². The zero-order valence-corrected chi connectivity index (χ0v) is 16.2. The summed E-state index contributed by atoms with van der Waals surface area (Å²) in [6.07, 6.45) is 7.73. The Labute approximate surface area is 168 Å². The Morgan fingerprint density at radius 3 is 2.68 bits per heavy atom. The van der Waals surface area contributed by atoms with Gasteiger partial charge in [0.2, 0.25) is 0 Å². The summed E-state index contributed by atoms with van der Waals surface area (Å²) in [5, 5.41) is 15.5. The van der Waals surface area contributed by atoms with E-state index >= 15 is 0 Å². The first-order valence-corrected chi connectivity index (χ1v) is 9.64. The fraction of sp³-hybridized carbons (Fsp3) is 0.300. The number of nitrogens with zero attached hydrogens (tertiary/aromatic N) is 4. The summed E-state index contributed by atoms with van der Waals surface area (Å²) in [4.78, 5) is 18.8. The lowest BCUT2D eigenvalue weighted by Gasteiger charge is -2.23. The highest BCUT2D eigenvalue weighted by atomic mass is 35.5. The molecule has 0 bridgehead atoms. The van der Waals surface area contributed by atoms with Gasteiger partial charge in [0, 0.05) is 18.3 Å². The number of carbonyl (C=O) groups is 1. The highest BCUT2D eigenvalue weighted by Crippen LogP contribution is 2.24. The summed E-state index contributed by atoms with van der Waals surface area (Å²) in [7, 11) is 0. The van der Waals surface area contributed by atoms with Crippen LogP contribution in [-0.2, 0) is 0 Å². The molecule has 1 aliphatic carbocycles. The molecule has 0 aliphatic heterocycles. The number of hydrogen-bond acceptors (Lipinski definition) is 5. The number of carbonyl (C=O) groups excluding carboxylic acids is 1. The van der Waals surface area contributed by atoms with Gasteiger partial charge in [-0.25, -0.2) is 4.98 Å². The fourth-order valence-electron chi connectivity index (χ4n) is 3.55. The minimum Gasteiger partial charge on any atom is -0.365 e. The van der Waals surface area contributed by atoms with E-state index in [1.807, 2.05) is 31.2 Å². The molecule has 0 saturated heterocycles. The molecule has 3 aromatic rings. The van der Waals surface area contributed by atoms with Gasteiger partial charge in [-0.15, -0.1) is 0 Å². The van der Waals surface area contributed by atoms with Crippen molar-refractivity contribution < 1.29 is 4.79 Å². The number of anilines is 1.